The lowest BCUT2D eigenvalue weighted by Gasteiger charge is -2.11. The van der Waals surface area contributed by atoms with Gasteiger partial charge in [-0.2, -0.15) is 5.10 Å². The third kappa shape index (κ3) is 4.00. The second-order valence-corrected chi connectivity index (χ2v) is 6.12. The molecule has 0 heterocycles. The number of benzene rings is 3. The first-order valence-corrected chi connectivity index (χ1v) is 8.35. The van der Waals surface area contributed by atoms with E-state index in [9.17, 15) is 9.90 Å². The number of nitrogens with one attached hydrogen (secondary N) is 1. The van der Waals surface area contributed by atoms with Crippen molar-refractivity contribution in [2.75, 3.05) is 0 Å². The number of carbonyl (C=O) groups excluding carboxylic acids is 1. The second-order valence-electron chi connectivity index (χ2n) is 6.12. The third-order valence-electron chi connectivity index (χ3n) is 3.76. The molecule has 2 N–H and O–H groups in total. The van der Waals surface area contributed by atoms with E-state index in [1.807, 2.05) is 62.4 Å². The van der Waals surface area contributed by atoms with Crippen molar-refractivity contribution in [2.45, 2.75) is 20.0 Å². The number of hydrogen-bond donors (Lipinski definition) is 2. The first-order chi connectivity index (χ1) is 12.5. The van der Waals surface area contributed by atoms with Crippen LogP contribution in [0.2, 0.25) is 0 Å². The van der Waals surface area contributed by atoms with Gasteiger partial charge in [0.05, 0.1) is 17.9 Å². The first-order valence-electron chi connectivity index (χ1n) is 8.35. The Morgan fingerprint density at radius 2 is 1.73 bits per heavy atom. The lowest BCUT2D eigenvalue weighted by atomic mass is 10.1. The number of phenols is 1. The number of amides is 1. The van der Waals surface area contributed by atoms with Crippen LogP contribution in [0.15, 0.2) is 65.8 Å². The Balaban J connectivity index is 1.77. The van der Waals surface area contributed by atoms with Crippen molar-refractivity contribution in [2.24, 2.45) is 5.10 Å². The normalized spacial score (nSPS) is 11.2. The average molecular weight is 348 g/mol. The largest absolute Gasteiger partial charge is 0.507 e. The highest BCUT2D eigenvalue weighted by Gasteiger charge is 2.12. The molecule has 0 saturated carbocycles. The molecular weight excluding hydrogens is 328 g/mol. The molecule has 3 aromatic rings. The molecule has 0 spiro atoms. The molecular formula is C21H20N2O3. The highest BCUT2D eigenvalue weighted by atomic mass is 16.5. The highest BCUT2D eigenvalue weighted by Crippen LogP contribution is 2.25. The molecule has 132 valence electrons. The lowest BCUT2D eigenvalue weighted by Crippen LogP contribution is -2.18. The summed E-state index contributed by atoms with van der Waals surface area (Å²) in [6, 6.07) is 18.2. The first kappa shape index (κ1) is 17.5. The molecule has 0 fully saturated rings. The SMILES string of the molecule is CC(C)Oc1ccccc1/C=N\NC(=O)c1cc2ccccc2cc1O. The van der Waals surface area contributed by atoms with E-state index in [1.165, 1.54) is 6.21 Å². The van der Waals surface area contributed by atoms with E-state index in [1.54, 1.807) is 12.1 Å². The van der Waals surface area contributed by atoms with Gasteiger partial charge in [0.1, 0.15) is 11.5 Å². The summed E-state index contributed by atoms with van der Waals surface area (Å²) in [6.07, 6.45) is 1.56. The highest BCUT2D eigenvalue weighted by molar-refractivity contribution is 6.01. The topological polar surface area (TPSA) is 70.9 Å². The van der Waals surface area contributed by atoms with Crippen LogP contribution >= 0.6 is 0 Å². The molecule has 26 heavy (non-hydrogen) atoms. The number of hydrogen-bond acceptors (Lipinski definition) is 4. The summed E-state index contributed by atoms with van der Waals surface area (Å²) < 4.78 is 5.71. The molecule has 5 nitrogen and oxygen atoms in total. The van der Waals surface area contributed by atoms with Crippen molar-refractivity contribution in [3.63, 3.8) is 0 Å². The zero-order chi connectivity index (χ0) is 18.5. The van der Waals surface area contributed by atoms with Gasteiger partial charge < -0.3 is 9.84 Å². The number of phenolic OH excluding ortho intramolecular Hbond substituents is 1. The molecule has 0 aliphatic rings. The average Bonchev–Trinajstić information content (AvgIpc) is 2.62. The molecule has 1 amide bonds. The number of carbonyl (C=O) groups is 1. The zero-order valence-corrected chi connectivity index (χ0v) is 14.6. The van der Waals surface area contributed by atoms with Crippen LogP contribution in [-0.2, 0) is 0 Å². The van der Waals surface area contributed by atoms with E-state index < -0.39 is 5.91 Å². The van der Waals surface area contributed by atoms with Crippen LogP contribution in [0.3, 0.4) is 0 Å². The minimum atomic E-state index is -0.480. The Hall–Kier alpha value is -3.34. The fraction of sp³-hybridized carbons (Fsp3) is 0.143. The van der Waals surface area contributed by atoms with Crippen LogP contribution in [0.4, 0.5) is 0 Å². The molecule has 0 aromatic heterocycles. The van der Waals surface area contributed by atoms with Crippen molar-refractivity contribution in [3.8, 4) is 11.5 Å². The monoisotopic (exact) mass is 348 g/mol. The van der Waals surface area contributed by atoms with E-state index in [2.05, 4.69) is 10.5 Å². The zero-order valence-electron chi connectivity index (χ0n) is 14.6. The van der Waals surface area contributed by atoms with Crippen LogP contribution in [0, 0.1) is 0 Å². The number of para-hydroxylation sites is 1. The number of nitrogens with zero attached hydrogens (tertiary/aromatic N) is 1. The summed E-state index contributed by atoms with van der Waals surface area (Å²) in [4.78, 5) is 12.3. The Morgan fingerprint density at radius 3 is 2.46 bits per heavy atom. The van der Waals surface area contributed by atoms with Crippen molar-refractivity contribution in [1.82, 2.24) is 5.43 Å². The minimum Gasteiger partial charge on any atom is -0.507 e. The molecule has 0 unspecified atom stereocenters. The summed E-state index contributed by atoms with van der Waals surface area (Å²) in [5, 5.41) is 15.8. The van der Waals surface area contributed by atoms with Gasteiger partial charge in [-0.15, -0.1) is 0 Å². The van der Waals surface area contributed by atoms with Crippen LogP contribution in [0.5, 0.6) is 11.5 Å². The maximum atomic E-state index is 12.3. The fourth-order valence-corrected chi connectivity index (χ4v) is 2.58. The molecule has 3 aromatic carbocycles. The molecule has 3 rings (SSSR count). The van der Waals surface area contributed by atoms with E-state index in [0.29, 0.717) is 5.75 Å². The fourth-order valence-electron chi connectivity index (χ4n) is 2.58. The Labute approximate surface area is 151 Å². The molecule has 0 atom stereocenters. The number of fused-ring (bicyclic) bond motifs is 1. The van der Waals surface area contributed by atoms with Crippen molar-refractivity contribution in [1.29, 1.82) is 0 Å². The number of rotatable bonds is 5. The molecule has 0 aliphatic heterocycles. The van der Waals surface area contributed by atoms with Crippen molar-refractivity contribution < 1.29 is 14.6 Å². The lowest BCUT2D eigenvalue weighted by molar-refractivity contribution is 0.0952. The van der Waals surface area contributed by atoms with Crippen LogP contribution in [0.25, 0.3) is 10.8 Å². The van der Waals surface area contributed by atoms with Crippen molar-refractivity contribution in [3.05, 3.63) is 71.8 Å². The van der Waals surface area contributed by atoms with Crippen LogP contribution in [-0.4, -0.2) is 23.3 Å². The number of aromatic hydroxyl groups is 1. The van der Waals surface area contributed by atoms with Gasteiger partial charge in [-0.3, -0.25) is 4.79 Å². The van der Waals surface area contributed by atoms with Gasteiger partial charge in [-0.1, -0.05) is 36.4 Å². The summed E-state index contributed by atoms with van der Waals surface area (Å²) in [5.74, 6) is 0.126. The molecule has 5 heteroatoms. The van der Waals surface area contributed by atoms with Gasteiger partial charge >= 0.3 is 0 Å². The van der Waals surface area contributed by atoms with E-state index >= 15 is 0 Å². The van der Waals surface area contributed by atoms with E-state index in [4.69, 9.17) is 4.74 Å². The maximum absolute atomic E-state index is 12.3. The predicted molar refractivity (Wildman–Crippen MR) is 103 cm³/mol. The maximum Gasteiger partial charge on any atom is 0.275 e. The summed E-state index contributed by atoms with van der Waals surface area (Å²) in [7, 11) is 0. The van der Waals surface area contributed by atoms with Crippen LogP contribution < -0.4 is 10.2 Å². The predicted octanol–water partition coefficient (Wildman–Crippen LogP) is 4.10. The van der Waals surface area contributed by atoms with Gasteiger partial charge in [0.2, 0.25) is 0 Å². The smallest absolute Gasteiger partial charge is 0.275 e. The van der Waals surface area contributed by atoms with Gasteiger partial charge in [0.15, 0.2) is 0 Å². The Morgan fingerprint density at radius 1 is 1.08 bits per heavy atom. The molecule has 0 bridgehead atoms. The van der Waals surface area contributed by atoms with Gasteiger partial charge in [0.25, 0.3) is 5.91 Å². The number of hydrazone groups is 1. The summed E-state index contributed by atoms with van der Waals surface area (Å²) >= 11 is 0. The van der Waals surface area contributed by atoms with Gasteiger partial charge in [-0.05, 0) is 48.9 Å². The van der Waals surface area contributed by atoms with E-state index in [0.717, 1.165) is 16.3 Å². The number of ether oxygens (including phenoxy) is 1. The quantitative estimate of drug-likeness (QED) is 0.539. The Bertz CT molecular complexity index is 964. The van der Waals surface area contributed by atoms with E-state index in [-0.39, 0.29) is 17.4 Å². The minimum absolute atomic E-state index is 0.0358. The molecule has 0 radical (unpaired) electrons. The van der Waals surface area contributed by atoms with Gasteiger partial charge in [-0.25, -0.2) is 5.43 Å². The molecule has 0 aliphatic carbocycles. The summed E-state index contributed by atoms with van der Waals surface area (Å²) in [5.41, 5.74) is 3.38. The van der Waals surface area contributed by atoms with Crippen LogP contribution in [0.1, 0.15) is 29.8 Å². The van der Waals surface area contributed by atoms with Gasteiger partial charge in [0, 0.05) is 5.56 Å². The third-order valence-corrected chi connectivity index (χ3v) is 3.76. The Kier molecular flexibility index (Phi) is 5.17. The molecule has 0 saturated heterocycles. The summed E-state index contributed by atoms with van der Waals surface area (Å²) in [6.45, 7) is 3.89. The van der Waals surface area contributed by atoms with Crippen molar-refractivity contribution >= 4 is 22.9 Å². The standard InChI is InChI=1S/C21H20N2O3/c1-14(2)26-20-10-6-5-9-17(20)13-22-23-21(25)18-11-15-7-3-4-8-16(15)12-19(18)24/h3-14,24H,1-2H3,(H,23,25)/b22-13-. The second kappa shape index (κ2) is 7.70.